The predicted octanol–water partition coefficient (Wildman–Crippen LogP) is 4.64. The van der Waals surface area contributed by atoms with E-state index in [1.807, 2.05) is 13.8 Å². The minimum atomic E-state index is -4.30. The molecule has 0 fully saturated rings. The van der Waals surface area contributed by atoms with Crippen molar-refractivity contribution < 1.29 is 13.2 Å². The zero-order valence-corrected chi connectivity index (χ0v) is 9.99. The van der Waals surface area contributed by atoms with Crippen LogP contribution in [0.25, 0.3) is 0 Å². The number of hydrogen-bond acceptors (Lipinski definition) is 0. The van der Waals surface area contributed by atoms with Crippen LogP contribution in [0.1, 0.15) is 30.5 Å². The molecule has 4 heteroatoms. The van der Waals surface area contributed by atoms with Gasteiger partial charge < -0.3 is 0 Å². The van der Waals surface area contributed by atoms with Gasteiger partial charge in [0.05, 0.1) is 5.56 Å². The number of rotatable bonds is 3. The molecule has 0 aromatic heterocycles. The third-order valence-corrected chi connectivity index (χ3v) is 2.57. The fraction of sp³-hybridized carbons (Fsp3) is 0.500. The molecule has 0 nitrogen and oxygen atoms in total. The quantitative estimate of drug-likeness (QED) is 0.686. The van der Waals surface area contributed by atoms with E-state index >= 15 is 0 Å². The van der Waals surface area contributed by atoms with E-state index in [1.54, 1.807) is 6.07 Å². The van der Waals surface area contributed by atoms with E-state index in [0.29, 0.717) is 17.5 Å². The Morgan fingerprint density at radius 3 is 2.31 bits per heavy atom. The van der Waals surface area contributed by atoms with Crippen LogP contribution in [-0.4, -0.2) is 0 Å². The molecule has 0 N–H and O–H groups in total. The molecule has 1 aromatic carbocycles. The van der Waals surface area contributed by atoms with Gasteiger partial charge in [0.15, 0.2) is 0 Å². The number of alkyl halides is 4. The first-order chi connectivity index (χ1) is 7.34. The summed E-state index contributed by atoms with van der Waals surface area (Å²) in [5, 5.41) is 0. The van der Waals surface area contributed by atoms with Crippen molar-refractivity contribution in [1.29, 1.82) is 0 Å². The maximum atomic E-state index is 12.8. The normalized spacial score (nSPS) is 12.2. The van der Waals surface area contributed by atoms with Crippen LogP contribution in [-0.2, 0) is 18.5 Å². The molecule has 0 bridgehead atoms. The van der Waals surface area contributed by atoms with Crippen LogP contribution in [0.15, 0.2) is 18.2 Å². The Balaban J connectivity index is 3.17. The Morgan fingerprint density at radius 1 is 1.25 bits per heavy atom. The summed E-state index contributed by atoms with van der Waals surface area (Å²) >= 11 is 5.54. The second-order valence-corrected chi connectivity index (χ2v) is 4.49. The highest BCUT2D eigenvalue weighted by molar-refractivity contribution is 6.17. The zero-order valence-electron chi connectivity index (χ0n) is 9.24. The lowest BCUT2D eigenvalue weighted by Crippen LogP contribution is -2.11. The lowest BCUT2D eigenvalue weighted by Gasteiger charge is -2.15. The monoisotopic (exact) mass is 250 g/mol. The third kappa shape index (κ3) is 3.41. The van der Waals surface area contributed by atoms with E-state index in [4.69, 9.17) is 11.6 Å². The van der Waals surface area contributed by atoms with Crippen LogP contribution in [0.5, 0.6) is 0 Å². The molecule has 0 unspecified atom stereocenters. The van der Waals surface area contributed by atoms with Gasteiger partial charge in [-0.2, -0.15) is 13.2 Å². The Kier molecular flexibility index (Phi) is 4.25. The summed E-state index contributed by atoms with van der Waals surface area (Å²) < 4.78 is 38.3. The van der Waals surface area contributed by atoms with Crippen molar-refractivity contribution in [2.75, 3.05) is 0 Å². The van der Waals surface area contributed by atoms with E-state index in [-0.39, 0.29) is 11.8 Å². The summed E-state index contributed by atoms with van der Waals surface area (Å²) in [6.45, 7) is 3.80. The first kappa shape index (κ1) is 13.4. The molecular formula is C12H14ClF3. The van der Waals surface area contributed by atoms with E-state index < -0.39 is 11.7 Å². The van der Waals surface area contributed by atoms with Gasteiger partial charge in [-0.1, -0.05) is 26.0 Å². The van der Waals surface area contributed by atoms with Crippen molar-refractivity contribution in [3.05, 3.63) is 34.9 Å². The largest absolute Gasteiger partial charge is 0.416 e. The first-order valence-electron chi connectivity index (χ1n) is 5.09. The predicted molar refractivity (Wildman–Crippen MR) is 59.5 cm³/mol. The number of hydrogen-bond donors (Lipinski definition) is 0. The van der Waals surface area contributed by atoms with Crippen molar-refractivity contribution in [2.24, 2.45) is 5.92 Å². The van der Waals surface area contributed by atoms with E-state index in [2.05, 4.69) is 0 Å². The molecule has 1 aromatic rings. The molecule has 0 atom stereocenters. The molecule has 0 spiro atoms. The molecule has 0 aliphatic rings. The van der Waals surface area contributed by atoms with Gasteiger partial charge in [-0.05, 0) is 29.5 Å². The standard InChI is InChI=1S/C12H14ClF3/c1-8(2)5-10-4-3-9(7-13)6-11(10)12(14,15)16/h3-4,6,8H,5,7H2,1-2H3. The summed E-state index contributed by atoms with van der Waals surface area (Å²) in [4.78, 5) is 0. The molecule has 90 valence electrons. The summed E-state index contributed by atoms with van der Waals surface area (Å²) in [6, 6.07) is 4.32. The van der Waals surface area contributed by atoms with Crippen LogP contribution >= 0.6 is 11.6 Å². The Bertz CT molecular complexity index is 356. The fourth-order valence-corrected chi connectivity index (χ4v) is 1.75. The maximum absolute atomic E-state index is 12.8. The highest BCUT2D eigenvalue weighted by Gasteiger charge is 2.33. The van der Waals surface area contributed by atoms with Gasteiger partial charge in [0.2, 0.25) is 0 Å². The summed E-state index contributed by atoms with van der Waals surface area (Å²) in [5.41, 5.74) is 0.289. The van der Waals surface area contributed by atoms with Gasteiger partial charge in [0.25, 0.3) is 0 Å². The minimum Gasteiger partial charge on any atom is -0.166 e. The molecule has 0 saturated heterocycles. The van der Waals surface area contributed by atoms with Gasteiger partial charge in [-0.15, -0.1) is 11.6 Å². The smallest absolute Gasteiger partial charge is 0.166 e. The van der Waals surface area contributed by atoms with Crippen LogP contribution in [0.4, 0.5) is 13.2 Å². The number of halogens is 4. The molecule has 0 aliphatic heterocycles. The molecular weight excluding hydrogens is 237 g/mol. The van der Waals surface area contributed by atoms with Crippen molar-refractivity contribution in [3.63, 3.8) is 0 Å². The molecule has 16 heavy (non-hydrogen) atoms. The second-order valence-electron chi connectivity index (χ2n) is 4.22. The van der Waals surface area contributed by atoms with E-state index in [0.717, 1.165) is 6.07 Å². The average Bonchev–Trinajstić information content (AvgIpc) is 2.15. The SMILES string of the molecule is CC(C)Cc1ccc(CCl)cc1C(F)(F)F. The summed E-state index contributed by atoms with van der Waals surface area (Å²) in [7, 11) is 0. The lowest BCUT2D eigenvalue weighted by atomic mass is 9.96. The van der Waals surface area contributed by atoms with Gasteiger partial charge in [0.1, 0.15) is 0 Å². The van der Waals surface area contributed by atoms with Gasteiger partial charge in [-0.25, -0.2) is 0 Å². The average molecular weight is 251 g/mol. The third-order valence-electron chi connectivity index (χ3n) is 2.26. The van der Waals surface area contributed by atoms with Gasteiger partial charge in [0, 0.05) is 5.88 Å². The molecule has 0 amide bonds. The van der Waals surface area contributed by atoms with Crippen molar-refractivity contribution >= 4 is 11.6 Å². The van der Waals surface area contributed by atoms with Gasteiger partial charge >= 0.3 is 6.18 Å². The van der Waals surface area contributed by atoms with Crippen molar-refractivity contribution in [1.82, 2.24) is 0 Å². The van der Waals surface area contributed by atoms with E-state index in [9.17, 15) is 13.2 Å². The first-order valence-corrected chi connectivity index (χ1v) is 5.63. The Labute approximate surface area is 98.4 Å². The summed E-state index contributed by atoms with van der Waals surface area (Å²) in [5.74, 6) is 0.299. The van der Waals surface area contributed by atoms with Crippen LogP contribution in [0.2, 0.25) is 0 Å². The van der Waals surface area contributed by atoms with Crippen LogP contribution in [0, 0.1) is 5.92 Å². The minimum absolute atomic E-state index is 0.102. The lowest BCUT2D eigenvalue weighted by molar-refractivity contribution is -0.138. The van der Waals surface area contributed by atoms with Crippen molar-refractivity contribution in [3.8, 4) is 0 Å². The van der Waals surface area contributed by atoms with Crippen molar-refractivity contribution in [2.45, 2.75) is 32.3 Å². The molecule has 0 saturated carbocycles. The molecule has 0 aliphatic carbocycles. The van der Waals surface area contributed by atoms with Crippen LogP contribution < -0.4 is 0 Å². The highest BCUT2D eigenvalue weighted by atomic mass is 35.5. The highest BCUT2D eigenvalue weighted by Crippen LogP contribution is 2.34. The summed E-state index contributed by atoms with van der Waals surface area (Å²) in [6.07, 6.45) is -3.87. The topological polar surface area (TPSA) is 0 Å². The Hall–Kier alpha value is -0.700. The Morgan fingerprint density at radius 2 is 1.88 bits per heavy atom. The van der Waals surface area contributed by atoms with E-state index in [1.165, 1.54) is 6.07 Å². The molecule has 0 radical (unpaired) electrons. The number of benzene rings is 1. The molecule has 1 rings (SSSR count). The van der Waals surface area contributed by atoms with Crippen LogP contribution in [0.3, 0.4) is 0 Å². The molecule has 0 heterocycles. The van der Waals surface area contributed by atoms with Gasteiger partial charge in [-0.3, -0.25) is 0 Å². The zero-order chi connectivity index (χ0) is 12.3. The fourth-order valence-electron chi connectivity index (χ4n) is 1.59. The second kappa shape index (κ2) is 5.09. The maximum Gasteiger partial charge on any atom is 0.416 e.